The smallest absolute Gasteiger partial charge is 0.416 e. The zero-order valence-electron chi connectivity index (χ0n) is 17.6. The monoisotopic (exact) mass is 572 g/mol. The Kier molecular flexibility index (Phi) is 11.6. The number of alkyl halides is 3. The van der Waals surface area contributed by atoms with Crippen molar-refractivity contribution in [1.82, 2.24) is 15.6 Å². The summed E-state index contributed by atoms with van der Waals surface area (Å²) in [4.78, 5) is 9.00. The van der Waals surface area contributed by atoms with Gasteiger partial charge in [0.05, 0.1) is 17.8 Å². The fourth-order valence-electron chi connectivity index (χ4n) is 2.36. The van der Waals surface area contributed by atoms with Gasteiger partial charge in [0.25, 0.3) is 0 Å². The molecular weight excluding hydrogens is 544 g/mol. The number of aliphatic imine (C=N–C) groups is 1. The van der Waals surface area contributed by atoms with Crippen LogP contribution in [0.15, 0.2) is 34.6 Å². The van der Waals surface area contributed by atoms with E-state index in [1.54, 1.807) is 11.3 Å². The maximum Gasteiger partial charge on any atom is 0.416 e. The molecule has 1 heterocycles. The third-order valence-electron chi connectivity index (χ3n) is 4.01. The predicted molar refractivity (Wildman–Crippen MR) is 127 cm³/mol. The van der Waals surface area contributed by atoms with Gasteiger partial charge in [0, 0.05) is 18.5 Å². The van der Waals surface area contributed by atoms with Crippen molar-refractivity contribution in [2.75, 3.05) is 19.7 Å². The Bertz CT molecular complexity index is 814. The van der Waals surface area contributed by atoms with Gasteiger partial charge in [-0.2, -0.15) is 13.2 Å². The highest BCUT2D eigenvalue weighted by Crippen LogP contribution is 2.30. The highest BCUT2D eigenvalue weighted by atomic mass is 127. The third kappa shape index (κ3) is 9.60. The number of hydrogen-bond acceptors (Lipinski definition) is 5. The number of aromatic nitrogens is 1. The van der Waals surface area contributed by atoms with E-state index in [4.69, 9.17) is 4.74 Å². The number of rotatable bonds is 9. The van der Waals surface area contributed by atoms with Crippen LogP contribution in [0, 0.1) is 0 Å². The average Bonchev–Trinajstić information content (AvgIpc) is 3.17. The van der Waals surface area contributed by atoms with E-state index in [9.17, 15) is 18.3 Å². The Morgan fingerprint density at radius 1 is 1.23 bits per heavy atom. The van der Waals surface area contributed by atoms with Crippen molar-refractivity contribution < 1.29 is 23.0 Å². The summed E-state index contributed by atoms with van der Waals surface area (Å²) in [5.41, 5.74) is 0.295. The number of ether oxygens (including phenoxy) is 1. The third-order valence-corrected chi connectivity index (χ3v) is 4.86. The van der Waals surface area contributed by atoms with Crippen LogP contribution in [0.5, 0.6) is 5.75 Å². The molecule has 3 N–H and O–H groups in total. The maximum absolute atomic E-state index is 12.6. The second-order valence-corrected chi connectivity index (χ2v) is 7.83. The summed E-state index contributed by atoms with van der Waals surface area (Å²) in [6, 6.07) is 4.35. The number of aliphatic hydroxyl groups is 1. The molecule has 1 aromatic heterocycles. The molecule has 11 heteroatoms. The van der Waals surface area contributed by atoms with E-state index in [1.807, 2.05) is 12.3 Å². The molecule has 0 aliphatic carbocycles. The number of halogens is 4. The molecule has 2 aromatic rings. The van der Waals surface area contributed by atoms with Gasteiger partial charge >= 0.3 is 6.18 Å². The van der Waals surface area contributed by atoms with E-state index in [1.165, 1.54) is 12.1 Å². The van der Waals surface area contributed by atoms with E-state index < -0.39 is 17.8 Å². The fraction of sp³-hybridized carbons (Fsp3) is 0.500. The van der Waals surface area contributed by atoms with E-state index in [2.05, 4.69) is 34.5 Å². The number of guanidine groups is 1. The van der Waals surface area contributed by atoms with Gasteiger partial charge in [-0.1, -0.05) is 13.8 Å². The highest BCUT2D eigenvalue weighted by Gasteiger charge is 2.30. The average molecular weight is 572 g/mol. The van der Waals surface area contributed by atoms with Crippen molar-refractivity contribution in [1.29, 1.82) is 0 Å². The number of benzene rings is 1. The Hall–Kier alpha value is -1.60. The lowest BCUT2D eigenvalue weighted by Crippen LogP contribution is -2.42. The lowest BCUT2D eigenvalue weighted by atomic mass is 10.2. The molecule has 0 saturated carbocycles. The normalized spacial score (nSPS) is 13.0. The minimum atomic E-state index is -4.39. The second kappa shape index (κ2) is 13.1. The molecule has 0 radical (unpaired) electrons. The molecule has 0 amide bonds. The molecular formula is C20H28F3IN4O2S. The summed E-state index contributed by atoms with van der Waals surface area (Å²) in [5.74, 6) is 1.16. The predicted octanol–water partition coefficient (Wildman–Crippen LogP) is 4.40. The quantitative estimate of drug-likeness (QED) is 0.236. The minimum Gasteiger partial charge on any atom is -0.491 e. The van der Waals surface area contributed by atoms with Crippen molar-refractivity contribution >= 4 is 41.3 Å². The lowest BCUT2D eigenvalue weighted by molar-refractivity contribution is -0.137. The van der Waals surface area contributed by atoms with Crippen LogP contribution < -0.4 is 15.4 Å². The molecule has 0 aliphatic rings. The standard InChI is InChI=1S/C20H27F3N4O2S.HI/c1-4-24-19(26-10-18-27-17(12-30-18)13(2)3)25-9-15(28)11-29-16-7-5-14(6-8-16)20(21,22)23;/h5-8,12-13,15,28H,4,9-11H2,1-3H3,(H2,24,25,26);1H. The summed E-state index contributed by atoms with van der Waals surface area (Å²) in [6.07, 6.45) is -5.26. The summed E-state index contributed by atoms with van der Waals surface area (Å²) in [6.45, 7) is 7.28. The molecule has 0 aliphatic heterocycles. The zero-order valence-corrected chi connectivity index (χ0v) is 20.7. The van der Waals surface area contributed by atoms with Crippen LogP contribution in [0.2, 0.25) is 0 Å². The van der Waals surface area contributed by atoms with Gasteiger partial charge in [-0.3, -0.25) is 0 Å². The van der Waals surface area contributed by atoms with Crippen LogP contribution in [0.3, 0.4) is 0 Å². The topological polar surface area (TPSA) is 78.8 Å². The number of aliphatic hydroxyl groups excluding tert-OH is 1. The molecule has 1 atom stereocenters. The van der Waals surface area contributed by atoms with Crippen molar-refractivity contribution in [3.05, 3.63) is 45.9 Å². The van der Waals surface area contributed by atoms with Crippen molar-refractivity contribution in [2.24, 2.45) is 4.99 Å². The molecule has 6 nitrogen and oxygen atoms in total. The van der Waals surface area contributed by atoms with Gasteiger partial charge in [0.1, 0.15) is 23.5 Å². The maximum atomic E-state index is 12.6. The second-order valence-electron chi connectivity index (χ2n) is 6.88. The van der Waals surface area contributed by atoms with E-state index in [-0.39, 0.29) is 42.9 Å². The van der Waals surface area contributed by atoms with Crippen LogP contribution in [-0.4, -0.2) is 41.9 Å². The Labute approximate surface area is 201 Å². The molecule has 0 bridgehead atoms. The van der Waals surface area contributed by atoms with Gasteiger partial charge in [-0.05, 0) is 37.1 Å². The summed E-state index contributed by atoms with van der Waals surface area (Å²) in [5, 5.41) is 19.1. The molecule has 174 valence electrons. The van der Waals surface area contributed by atoms with Crippen molar-refractivity contribution in [3.8, 4) is 5.75 Å². The van der Waals surface area contributed by atoms with Gasteiger partial charge in [-0.25, -0.2) is 9.98 Å². The van der Waals surface area contributed by atoms with E-state index >= 15 is 0 Å². The molecule has 1 unspecified atom stereocenters. The molecule has 0 spiro atoms. The van der Waals surface area contributed by atoms with Crippen molar-refractivity contribution in [2.45, 2.75) is 45.5 Å². The molecule has 1 aromatic carbocycles. The van der Waals surface area contributed by atoms with Crippen LogP contribution in [0.25, 0.3) is 0 Å². The minimum absolute atomic E-state index is 0. The van der Waals surface area contributed by atoms with Crippen LogP contribution in [-0.2, 0) is 12.7 Å². The van der Waals surface area contributed by atoms with Crippen molar-refractivity contribution in [3.63, 3.8) is 0 Å². The molecule has 2 rings (SSSR count). The molecule has 0 saturated heterocycles. The van der Waals surface area contributed by atoms with Crippen LogP contribution >= 0.6 is 35.3 Å². The zero-order chi connectivity index (χ0) is 22.1. The summed E-state index contributed by atoms with van der Waals surface area (Å²) < 4.78 is 43.1. The fourth-order valence-corrected chi connectivity index (χ4v) is 3.24. The van der Waals surface area contributed by atoms with Gasteiger partial charge in [0.2, 0.25) is 0 Å². The first-order valence-corrected chi connectivity index (χ1v) is 10.5. The molecule has 31 heavy (non-hydrogen) atoms. The number of thiazole rings is 1. The van der Waals surface area contributed by atoms with E-state index in [0.29, 0.717) is 25.0 Å². The number of nitrogens with one attached hydrogen (secondary N) is 2. The Balaban J connectivity index is 0.00000480. The van der Waals surface area contributed by atoms with Gasteiger partial charge in [0.15, 0.2) is 5.96 Å². The SMILES string of the molecule is CCNC(=NCc1nc(C(C)C)cs1)NCC(O)COc1ccc(C(F)(F)F)cc1.I. The first-order chi connectivity index (χ1) is 14.2. The Morgan fingerprint density at radius 2 is 1.90 bits per heavy atom. The first-order valence-electron chi connectivity index (χ1n) is 9.63. The van der Waals surface area contributed by atoms with Gasteiger partial charge in [-0.15, -0.1) is 35.3 Å². The van der Waals surface area contributed by atoms with Crippen LogP contribution in [0.4, 0.5) is 13.2 Å². The van der Waals surface area contributed by atoms with Gasteiger partial charge < -0.3 is 20.5 Å². The first kappa shape index (κ1) is 27.4. The van der Waals surface area contributed by atoms with Crippen LogP contribution in [0.1, 0.15) is 43.0 Å². The number of hydrogen-bond donors (Lipinski definition) is 3. The number of nitrogens with zero attached hydrogens (tertiary/aromatic N) is 2. The lowest BCUT2D eigenvalue weighted by Gasteiger charge is -2.16. The largest absolute Gasteiger partial charge is 0.491 e. The summed E-state index contributed by atoms with van der Waals surface area (Å²) >= 11 is 1.56. The highest BCUT2D eigenvalue weighted by molar-refractivity contribution is 14.0. The van der Waals surface area contributed by atoms with E-state index in [0.717, 1.165) is 22.8 Å². The molecule has 0 fully saturated rings. The Morgan fingerprint density at radius 3 is 2.45 bits per heavy atom. The summed E-state index contributed by atoms with van der Waals surface area (Å²) in [7, 11) is 0.